The van der Waals surface area contributed by atoms with Gasteiger partial charge >= 0.3 is 5.97 Å². The van der Waals surface area contributed by atoms with Gasteiger partial charge in [-0.15, -0.1) is 0 Å². The van der Waals surface area contributed by atoms with E-state index >= 15 is 0 Å². The first-order chi connectivity index (χ1) is 8.20. The molecule has 0 radical (unpaired) electrons. The number of aliphatic carboxylic acids is 1. The Morgan fingerprint density at radius 1 is 1.12 bits per heavy atom. The van der Waals surface area contributed by atoms with E-state index in [2.05, 4.69) is 6.92 Å². The maximum absolute atomic E-state index is 11.0. The Labute approximate surface area is 105 Å². The van der Waals surface area contributed by atoms with Gasteiger partial charge in [0.25, 0.3) is 0 Å². The topological polar surface area (TPSA) is 37.3 Å². The SMILES string of the molecule is CCCCC1C[C@H]2CCC(C(=O)O)CC[C@H]2C1. The van der Waals surface area contributed by atoms with Crippen molar-refractivity contribution in [3.8, 4) is 0 Å². The highest BCUT2D eigenvalue weighted by Gasteiger charge is 2.37. The summed E-state index contributed by atoms with van der Waals surface area (Å²) < 4.78 is 0. The van der Waals surface area contributed by atoms with Gasteiger partial charge in [-0.3, -0.25) is 4.79 Å². The zero-order valence-corrected chi connectivity index (χ0v) is 11.0. The van der Waals surface area contributed by atoms with Crippen molar-refractivity contribution in [1.82, 2.24) is 0 Å². The van der Waals surface area contributed by atoms with Gasteiger partial charge in [0.05, 0.1) is 5.92 Å². The average molecular weight is 238 g/mol. The Kier molecular flexibility index (Phi) is 4.47. The van der Waals surface area contributed by atoms with Crippen LogP contribution in [-0.4, -0.2) is 11.1 Å². The van der Waals surface area contributed by atoms with Crippen LogP contribution >= 0.6 is 0 Å². The number of fused-ring (bicyclic) bond motifs is 1. The lowest BCUT2D eigenvalue weighted by Crippen LogP contribution is -2.12. The Balaban J connectivity index is 1.83. The van der Waals surface area contributed by atoms with Gasteiger partial charge in [0, 0.05) is 0 Å². The van der Waals surface area contributed by atoms with Crippen LogP contribution in [0.1, 0.15) is 64.7 Å². The summed E-state index contributed by atoms with van der Waals surface area (Å²) >= 11 is 0. The van der Waals surface area contributed by atoms with Crippen LogP contribution in [-0.2, 0) is 4.79 Å². The lowest BCUT2D eigenvalue weighted by Gasteiger charge is -2.14. The van der Waals surface area contributed by atoms with E-state index in [-0.39, 0.29) is 5.92 Å². The van der Waals surface area contributed by atoms with Crippen molar-refractivity contribution >= 4 is 5.97 Å². The van der Waals surface area contributed by atoms with Gasteiger partial charge in [0.15, 0.2) is 0 Å². The quantitative estimate of drug-likeness (QED) is 0.800. The molecule has 0 saturated heterocycles. The van der Waals surface area contributed by atoms with Gasteiger partial charge in [-0.1, -0.05) is 26.2 Å². The monoisotopic (exact) mass is 238 g/mol. The molecule has 0 amide bonds. The molecule has 2 heteroatoms. The molecule has 1 N–H and O–H groups in total. The molecule has 2 fully saturated rings. The van der Waals surface area contributed by atoms with Gasteiger partial charge in [-0.05, 0) is 56.3 Å². The summed E-state index contributed by atoms with van der Waals surface area (Å²) in [6, 6.07) is 0. The molecule has 98 valence electrons. The van der Waals surface area contributed by atoms with Crippen LogP contribution in [0, 0.1) is 23.7 Å². The molecule has 2 rings (SSSR count). The summed E-state index contributed by atoms with van der Waals surface area (Å²) in [7, 11) is 0. The number of carbonyl (C=O) groups is 1. The van der Waals surface area contributed by atoms with E-state index in [0.717, 1.165) is 30.6 Å². The first-order valence-corrected chi connectivity index (χ1v) is 7.43. The Hall–Kier alpha value is -0.530. The summed E-state index contributed by atoms with van der Waals surface area (Å²) in [5.41, 5.74) is 0. The van der Waals surface area contributed by atoms with E-state index in [9.17, 15) is 4.79 Å². The summed E-state index contributed by atoms with van der Waals surface area (Å²) in [4.78, 5) is 11.0. The van der Waals surface area contributed by atoms with Crippen molar-refractivity contribution in [3.05, 3.63) is 0 Å². The minimum absolute atomic E-state index is 0.0466. The zero-order valence-electron chi connectivity index (χ0n) is 11.0. The molecule has 2 aliphatic carbocycles. The molecule has 0 bridgehead atoms. The molecule has 0 aliphatic heterocycles. The fourth-order valence-corrected chi connectivity index (χ4v) is 3.99. The van der Waals surface area contributed by atoms with Crippen LogP contribution in [0.4, 0.5) is 0 Å². The molecule has 0 aromatic rings. The lowest BCUT2D eigenvalue weighted by atomic mass is 9.92. The Bertz CT molecular complexity index is 246. The van der Waals surface area contributed by atoms with Crippen LogP contribution in [0.25, 0.3) is 0 Å². The average Bonchev–Trinajstić information content (AvgIpc) is 2.58. The van der Waals surface area contributed by atoms with Crippen molar-refractivity contribution < 1.29 is 9.90 Å². The fourth-order valence-electron chi connectivity index (χ4n) is 3.99. The van der Waals surface area contributed by atoms with Gasteiger partial charge in [-0.2, -0.15) is 0 Å². The van der Waals surface area contributed by atoms with Gasteiger partial charge < -0.3 is 5.11 Å². The summed E-state index contributed by atoms with van der Waals surface area (Å²) in [6.45, 7) is 2.27. The standard InChI is InChI=1S/C15H26O2/c1-2-3-4-11-9-13-7-5-12(15(16)17)6-8-14(13)10-11/h11-14H,2-10H2,1H3,(H,16,17)/t11?,12?,13-,14+. The maximum atomic E-state index is 11.0. The molecular weight excluding hydrogens is 212 g/mol. The Morgan fingerprint density at radius 2 is 1.71 bits per heavy atom. The first kappa shape index (κ1) is 12.9. The van der Waals surface area contributed by atoms with E-state index < -0.39 is 5.97 Å². The third-order valence-electron chi connectivity index (χ3n) is 5.03. The van der Waals surface area contributed by atoms with E-state index in [1.165, 1.54) is 44.9 Å². The van der Waals surface area contributed by atoms with Gasteiger partial charge in [0.1, 0.15) is 0 Å². The third-order valence-corrected chi connectivity index (χ3v) is 5.03. The van der Waals surface area contributed by atoms with Crippen molar-refractivity contribution in [2.45, 2.75) is 64.7 Å². The highest BCUT2D eigenvalue weighted by Crippen LogP contribution is 2.46. The van der Waals surface area contributed by atoms with Crippen LogP contribution in [0.5, 0.6) is 0 Å². The molecule has 17 heavy (non-hydrogen) atoms. The van der Waals surface area contributed by atoms with Crippen LogP contribution < -0.4 is 0 Å². The van der Waals surface area contributed by atoms with Crippen molar-refractivity contribution in [3.63, 3.8) is 0 Å². The van der Waals surface area contributed by atoms with Crippen LogP contribution in [0.3, 0.4) is 0 Å². The Morgan fingerprint density at radius 3 is 2.18 bits per heavy atom. The fraction of sp³-hybridized carbons (Fsp3) is 0.933. The summed E-state index contributed by atoms with van der Waals surface area (Å²) in [5, 5.41) is 9.09. The highest BCUT2D eigenvalue weighted by atomic mass is 16.4. The normalized spacial score (nSPS) is 37.5. The molecule has 0 heterocycles. The predicted octanol–water partition coefficient (Wildman–Crippen LogP) is 4.09. The number of hydrogen-bond acceptors (Lipinski definition) is 1. The van der Waals surface area contributed by atoms with E-state index in [4.69, 9.17) is 5.11 Å². The second kappa shape index (κ2) is 5.88. The molecule has 2 nitrogen and oxygen atoms in total. The number of carboxylic acid groups (broad SMARTS) is 1. The number of rotatable bonds is 4. The molecule has 2 aliphatic rings. The van der Waals surface area contributed by atoms with Crippen molar-refractivity contribution in [1.29, 1.82) is 0 Å². The van der Waals surface area contributed by atoms with Crippen LogP contribution in [0.2, 0.25) is 0 Å². The molecular formula is C15H26O2. The summed E-state index contributed by atoms with van der Waals surface area (Å²) in [6.07, 6.45) is 11.1. The van der Waals surface area contributed by atoms with E-state index in [0.29, 0.717) is 0 Å². The van der Waals surface area contributed by atoms with Gasteiger partial charge in [0.2, 0.25) is 0 Å². The minimum atomic E-state index is -0.562. The van der Waals surface area contributed by atoms with Crippen molar-refractivity contribution in [2.24, 2.45) is 23.7 Å². The highest BCUT2D eigenvalue weighted by molar-refractivity contribution is 5.69. The largest absolute Gasteiger partial charge is 0.481 e. The molecule has 4 atom stereocenters. The van der Waals surface area contributed by atoms with E-state index in [1.54, 1.807) is 0 Å². The molecule has 0 aromatic heterocycles. The van der Waals surface area contributed by atoms with Crippen LogP contribution in [0.15, 0.2) is 0 Å². The predicted molar refractivity (Wildman–Crippen MR) is 68.8 cm³/mol. The first-order valence-electron chi connectivity index (χ1n) is 7.43. The molecule has 0 aromatic carbocycles. The zero-order chi connectivity index (χ0) is 12.3. The minimum Gasteiger partial charge on any atom is -0.481 e. The van der Waals surface area contributed by atoms with Gasteiger partial charge in [-0.25, -0.2) is 0 Å². The molecule has 2 unspecified atom stereocenters. The number of unbranched alkanes of at least 4 members (excludes halogenated alkanes) is 1. The second-order valence-electron chi connectivity index (χ2n) is 6.19. The van der Waals surface area contributed by atoms with Crippen molar-refractivity contribution in [2.75, 3.05) is 0 Å². The molecule has 2 saturated carbocycles. The lowest BCUT2D eigenvalue weighted by molar-refractivity contribution is -0.142. The van der Waals surface area contributed by atoms with E-state index in [1.807, 2.05) is 0 Å². The second-order valence-corrected chi connectivity index (χ2v) is 6.19. The third kappa shape index (κ3) is 3.23. The smallest absolute Gasteiger partial charge is 0.306 e. The number of carboxylic acids is 1. The number of hydrogen-bond donors (Lipinski definition) is 1. The maximum Gasteiger partial charge on any atom is 0.306 e. The molecule has 0 spiro atoms. The summed E-state index contributed by atoms with van der Waals surface area (Å²) in [5.74, 6) is 2.04.